The Balaban J connectivity index is 1.51. The van der Waals surface area contributed by atoms with Crippen molar-refractivity contribution in [3.05, 3.63) is 50.9 Å². The fourth-order valence-electron chi connectivity index (χ4n) is 4.10. The predicted octanol–water partition coefficient (Wildman–Crippen LogP) is 1.72. The second kappa shape index (κ2) is 7.78. The summed E-state index contributed by atoms with van der Waals surface area (Å²) in [5.41, 5.74) is -0.767. The van der Waals surface area contributed by atoms with E-state index < -0.39 is 34.7 Å². The second-order valence-electron chi connectivity index (χ2n) is 7.80. The van der Waals surface area contributed by atoms with Gasteiger partial charge in [0, 0.05) is 31.7 Å². The van der Waals surface area contributed by atoms with Crippen molar-refractivity contribution < 1.29 is 23.4 Å². The summed E-state index contributed by atoms with van der Waals surface area (Å²) in [5, 5.41) is 21.3. The molecule has 1 amide bonds. The van der Waals surface area contributed by atoms with E-state index in [0.29, 0.717) is 24.8 Å². The largest absolute Gasteiger partial charge is 0.502 e. The lowest BCUT2D eigenvalue weighted by Gasteiger charge is -2.47. The summed E-state index contributed by atoms with van der Waals surface area (Å²) < 4.78 is 34.2. The van der Waals surface area contributed by atoms with Gasteiger partial charge < -0.3 is 14.7 Å². The first-order valence-electron chi connectivity index (χ1n) is 10.0. The standard InChI is InChI=1S/C20H19F2N5O4S/c1-25-15-9-31-5-4-26(15)27-8-12(17(28)18(29)16(27)20(25)30)19-24-23-14(32-19)6-10-2-3-11(21)7-13(10)22/h3,7-8,10,15,29H,2,4-6,9H2,1H3/t10?,15-/m1/s1. The molecule has 168 valence electrons. The summed E-state index contributed by atoms with van der Waals surface area (Å²) in [4.78, 5) is 27.1. The van der Waals surface area contributed by atoms with Crippen LogP contribution in [0.1, 0.15) is 21.9 Å². The Morgan fingerprint density at radius 2 is 2.12 bits per heavy atom. The number of carbonyl (C=O) groups is 1. The highest BCUT2D eigenvalue weighted by atomic mass is 32.1. The lowest BCUT2D eigenvalue weighted by Crippen LogP contribution is -2.64. The van der Waals surface area contributed by atoms with E-state index in [1.54, 1.807) is 7.05 Å². The van der Waals surface area contributed by atoms with Crippen LogP contribution >= 0.6 is 11.3 Å². The fraction of sp³-hybridized carbons (Fsp3) is 0.400. The van der Waals surface area contributed by atoms with E-state index in [1.807, 2.05) is 5.01 Å². The second-order valence-corrected chi connectivity index (χ2v) is 8.87. The Morgan fingerprint density at radius 3 is 2.91 bits per heavy atom. The molecule has 2 atom stereocenters. The van der Waals surface area contributed by atoms with Crippen LogP contribution in [0, 0.1) is 5.92 Å². The third-order valence-corrected chi connectivity index (χ3v) is 6.85. The van der Waals surface area contributed by atoms with Gasteiger partial charge in [-0.3, -0.25) is 19.3 Å². The topological polar surface area (TPSA) is 101 Å². The number of aromatic nitrogens is 3. The molecule has 0 saturated carbocycles. The van der Waals surface area contributed by atoms with Crippen molar-refractivity contribution in [1.82, 2.24) is 19.8 Å². The summed E-state index contributed by atoms with van der Waals surface area (Å²) in [6, 6.07) is 0. The smallest absolute Gasteiger partial charge is 0.277 e. The molecule has 0 radical (unpaired) electrons. The van der Waals surface area contributed by atoms with Crippen molar-refractivity contribution in [2.75, 3.05) is 31.8 Å². The van der Waals surface area contributed by atoms with E-state index in [4.69, 9.17) is 4.74 Å². The number of aromatic hydroxyl groups is 1. The van der Waals surface area contributed by atoms with Crippen molar-refractivity contribution >= 4 is 17.2 Å². The average molecular weight is 463 g/mol. The number of pyridine rings is 1. The number of amides is 1. The number of halogens is 2. The molecule has 0 bridgehead atoms. The van der Waals surface area contributed by atoms with Crippen molar-refractivity contribution in [2.45, 2.75) is 19.0 Å². The van der Waals surface area contributed by atoms with Gasteiger partial charge in [-0.05, 0) is 12.5 Å². The van der Waals surface area contributed by atoms with Gasteiger partial charge in [0.15, 0.2) is 16.5 Å². The zero-order chi connectivity index (χ0) is 22.6. The van der Waals surface area contributed by atoms with E-state index in [-0.39, 0.29) is 35.3 Å². The summed E-state index contributed by atoms with van der Waals surface area (Å²) >= 11 is 1.09. The highest BCUT2D eigenvalue weighted by Crippen LogP contribution is 2.32. The molecule has 32 heavy (non-hydrogen) atoms. The molecular formula is C20H19F2N5O4S. The normalized spacial score (nSPS) is 22.9. The monoisotopic (exact) mass is 463 g/mol. The highest BCUT2D eigenvalue weighted by Gasteiger charge is 2.40. The third kappa shape index (κ3) is 3.30. The van der Waals surface area contributed by atoms with Gasteiger partial charge in [0.1, 0.15) is 22.8 Å². The molecule has 12 heteroatoms. The first-order chi connectivity index (χ1) is 15.3. The van der Waals surface area contributed by atoms with Crippen molar-refractivity contribution in [3.63, 3.8) is 0 Å². The van der Waals surface area contributed by atoms with Crippen LogP contribution in [-0.4, -0.2) is 63.8 Å². The molecule has 4 heterocycles. The summed E-state index contributed by atoms with van der Waals surface area (Å²) in [5.74, 6) is -2.86. The van der Waals surface area contributed by atoms with Crippen LogP contribution in [0.4, 0.5) is 8.78 Å². The van der Waals surface area contributed by atoms with Gasteiger partial charge in [0.05, 0.1) is 25.3 Å². The maximum Gasteiger partial charge on any atom is 0.277 e. The van der Waals surface area contributed by atoms with E-state index in [9.17, 15) is 23.5 Å². The Kier molecular flexibility index (Phi) is 5.05. The molecule has 3 aliphatic rings. The maximum absolute atomic E-state index is 14.0. The molecule has 1 fully saturated rings. The number of ether oxygens (including phenoxy) is 1. The molecule has 1 unspecified atom stereocenters. The van der Waals surface area contributed by atoms with Crippen LogP contribution in [0.2, 0.25) is 0 Å². The maximum atomic E-state index is 14.0. The van der Waals surface area contributed by atoms with E-state index >= 15 is 0 Å². The summed E-state index contributed by atoms with van der Waals surface area (Å²) in [7, 11) is 1.59. The number of likely N-dealkylation sites (N-methyl/N-ethyl adjacent to an activating group) is 1. The molecule has 2 aliphatic heterocycles. The SMILES string of the molecule is CN1C(=O)c2c(O)c(=O)c(-c3nnc(CC4CC=C(F)C=C4F)s3)cn2N2CCOC[C@H]12. The van der Waals surface area contributed by atoms with Crippen LogP contribution in [0.25, 0.3) is 10.6 Å². The molecular weight excluding hydrogens is 444 g/mol. The minimum Gasteiger partial charge on any atom is -0.502 e. The van der Waals surface area contributed by atoms with Gasteiger partial charge in [0.2, 0.25) is 5.43 Å². The fourth-order valence-corrected chi connectivity index (χ4v) is 5.03. The number of carbonyl (C=O) groups excluding carboxylic acids is 1. The van der Waals surface area contributed by atoms with E-state index in [0.717, 1.165) is 17.4 Å². The zero-order valence-electron chi connectivity index (χ0n) is 17.0. The molecule has 2 aromatic rings. The van der Waals surface area contributed by atoms with Gasteiger partial charge >= 0.3 is 0 Å². The van der Waals surface area contributed by atoms with Gasteiger partial charge in [-0.25, -0.2) is 8.78 Å². The van der Waals surface area contributed by atoms with Crippen molar-refractivity contribution in [3.8, 4) is 16.3 Å². The molecule has 5 rings (SSSR count). The van der Waals surface area contributed by atoms with Crippen LogP contribution < -0.4 is 10.4 Å². The van der Waals surface area contributed by atoms with Crippen LogP contribution in [0.15, 0.2) is 34.8 Å². The Hall–Kier alpha value is -3.12. The average Bonchev–Trinajstić information content (AvgIpc) is 3.24. The highest BCUT2D eigenvalue weighted by molar-refractivity contribution is 7.14. The number of nitrogens with zero attached hydrogens (tertiary/aromatic N) is 5. The van der Waals surface area contributed by atoms with Crippen LogP contribution in [0.3, 0.4) is 0 Å². The summed E-state index contributed by atoms with van der Waals surface area (Å²) in [6.07, 6.45) is 3.69. The van der Waals surface area contributed by atoms with E-state index in [1.165, 1.54) is 21.8 Å². The lowest BCUT2D eigenvalue weighted by molar-refractivity contribution is 0.0122. The molecule has 1 N–H and O–H groups in total. The van der Waals surface area contributed by atoms with Crippen molar-refractivity contribution in [2.24, 2.45) is 5.92 Å². The van der Waals surface area contributed by atoms with Gasteiger partial charge in [-0.15, -0.1) is 10.2 Å². The third-order valence-electron chi connectivity index (χ3n) is 5.87. The Morgan fingerprint density at radius 1 is 1.31 bits per heavy atom. The van der Waals surface area contributed by atoms with E-state index in [2.05, 4.69) is 10.2 Å². The van der Waals surface area contributed by atoms with Gasteiger partial charge in [-0.1, -0.05) is 11.3 Å². The lowest BCUT2D eigenvalue weighted by atomic mass is 9.96. The quantitative estimate of drug-likeness (QED) is 0.740. The molecule has 1 saturated heterocycles. The van der Waals surface area contributed by atoms with Gasteiger partial charge in [0.25, 0.3) is 5.91 Å². The molecule has 2 aromatic heterocycles. The Bertz CT molecular complexity index is 1220. The van der Waals surface area contributed by atoms with Gasteiger partial charge in [-0.2, -0.15) is 0 Å². The first-order valence-corrected chi connectivity index (χ1v) is 10.8. The zero-order valence-corrected chi connectivity index (χ0v) is 17.8. The first kappa shape index (κ1) is 20.8. The van der Waals surface area contributed by atoms with Crippen LogP contribution in [0.5, 0.6) is 5.75 Å². The minimum absolute atomic E-state index is 0.0863. The number of hydrogen-bond donors (Lipinski definition) is 1. The number of allylic oxidation sites excluding steroid dienone is 4. The minimum atomic E-state index is -0.735. The Labute approximate surface area is 184 Å². The molecule has 0 aromatic carbocycles. The number of fused-ring (bicyclic) bond motifs is 3. The number of hydrogen-bond acceptors (Lipinski definition) is 8. The summed E-state index contributed by atoms with van der Waals surface area (Å²) in [6.45, 7) is 1.18. The number of rotatable bonds is 3. The van der Waals surface area contributed by atoms with Crippen LogP contribution in [-0.2, 0) is 11.2 Å². The molecule has 1 aliphatic carbocycles. The molecule has 0 spiro atoms. The number of morpholine rings is 1. The predicted molar refractivity (Wildman–Crippen MR) is 111 cm³/mol. The van der Waals surface area contributed by atoms with Crippen molar-refractivity contribution in [1.29, 1.82) is 0 Å². The molecule has 9 nitrogen and oxygen atoms in total.